The third-order valence-corrected chi connectivity index (χ3v) is 8.53. The van der Waals surface area contributed by atoms with Crippen LogP contribution in [-0.2, 0) is 21.2 Å². The molecule has 3 aromatic carbocycles. The largest absolute Gasteiger partial charge is 0.339 e. The quantitative estimate of drug-likeness (QED) is 0.311. The van der Waals surface area contributed by atoms with Crippen molar-refractivity contribution in [1.82, 2.24) is 19.8 Å². The Kier molecular flexibility index (Phi) is 8.48. The van der Waals surface area contributed by atoms with Gasteiger partial charge in [0.05, 0.1) is 10.6 Å². The summed E-state index contributed by atoms with van der Waals surface area (Å²) in [5, 5.41) is 3.16. The maximum atomic E-state index is 12.9. The van der Waals surface area contributed by atoms with Crippen LogP contribution in [0.2, 0.25) is 0 Å². The first-order valence-corrected chi connectivity index (χ1v) is 15.2. The zero-order valence-electron chi connectivity index (χ0n) is 23.4. The molecular formula is C31H32N6O4S. The molecule has 0 bridgehead atoms. The van der Waals surface area contributed by atoms with Gasteiger partial charge in [0.25, 0.3) is 15.9 Å². The van der Waals surface area contributed by atoms with Gasteiger partial charge in [-0.3, -0.25) is 14.3 Å². The predicted octanol–water partition coefficient (Wildman–Crippen LogP) is 4.55. The number of anilines is 3. The SMILES string of the molecule is CCc1ccc(S(=O)(=O)Nc2ccc(-c3ccnc(Nc4ccc(C(=O)N5CCN(C(C)=O)CC5)cc4)n3)cc2)cc1. The maximum Gasteiger partial charge on any atom is 0.261 e. The molecular weight excluding hydrogens is 552 g/mol. The van der Waals surface area contributed by atoms with Crippen molar-refractivity contribution >= 4 is 39.2 Å². The average molecular weight is 585 g/mol. The van der Waals surface area contributed by atoms with Gasteiger partial charge in [0.1, 0.15) is 0 Å². The van der Waals surface area contributed by atoms with E-state index in [0.29, 0.717) is 49.1 Å². The van der Waals surface area contributed by atoms with Gasteiger partial charge in [0, 0.05) is 61.8 Å². The van der Waals surface area contributed by atoms with Crippen molar-refractivity contribution in [3.63, 3.8) is 0 Å². The van der Waals surface area contributed by atoms with Gasteiger partial charge < -0.3 is 15.1 Å². The summed E-state index contributed by atoms with van der Waals surface area (Å²) in [4.78, 5) is 37.0. The van der Waals surface area contributed by atoms with Crippen molar-refractivity contribution in [2.75, 3.05) is 36.2 Å². The van der Waals surface area contributed by atoms with Crippen LogP contribution in [-0.4, -0.2) is 66.2 Å². The van der Waals surface area contributed by atoms with Gasteiger partial charge in [0.2, 0.25) is 11.9 Å². The highest BCUT2D eigenvalue weighted by Crippen LogP contribution is 2.24. The summed E-state index contributed by atoms with van der Waals surface area (Å²) in [7, 11) is -3.70. The number of benzene rings is 3. The van der Waals surface area contributed by atoms with E-state index in [1.807, 2.05) is 19.1 Å². The molecule has 0 radical (unpaired) electrons. The molecule has 216 valence electrons. The van der Waals surface area contributed by atoms with Gasteiger partial charge in [-0.1, -0.05) is 31.2 Å². The van der Waals surface area contributed by atoms with Gasteiger partial charge in [0.15, 0.2) is 0 Å². The number of sulfonamides is 1. The molecule has 10 nitrogen and oxygen atoms in total. The van der Waals surface area contributed by atoms with Crippen LogP contribution in [0.3, 0.4) is 0 Å². The minimum absolute atomic E-state index is 0.0255. The fourth-order valence-corrected chi connectivity index (χ4v) is 5.70. The van der Waals surface area contributed by atoms with Crippen LogP contribution >= 0.6 is 0 Å². The Balaban J connectivity index is 1.21. The molecule has 1 aromatic heterocycles. The van der Waals surface area contributed by atoms with Crippen LogP contribution in [0.15, 0.2) is 90.0 Å². The molecule has 0 unspecified atom stereocenters. The molecule has 0 spiro atoms. The molecule has 11 heteroatoms. The first kappa shape index (κ1) is 28.7. The second-order valence-electron chi connectivity index (χ2n) is 9.95. The molecule has 4 aromatic rings. The number of aryl methyl sites for hydroxylation is 1. The Labute approximate surface area is 245 Å². The molecule has 2 N–H and O–H groups in total. The Bertz CT molecular complexity index is 1670. The van der Waals surface area contributed by atoms with E-state index in [-0.39, 0.29) is 16.7 Å². The van der Waals surface area contributed by atoms with E-state index in [1.165, 1.54) is 0 Å². The number of nitrogens with one attached hydrogen (secondary N) is 2. The number of hydrogen-bond donors (Lipinski definition) is 2. The van der Waals surface area contributed by atoms with Crippen LogP contribution in [0.4, 0.5) is 17.3 Å². The standard InChI is InChI=1S/C31H32N6O4S/c1-3-23-4-14-28(15-5-23)42(40,41)35-27-12-6-24(7-13-27)29-16-17-32-31(34-29)33-26-10-8-25(9-11-26)30(39)37-20-18-36(19-21-37)22(2)38/h4-17,35H,3,18-21H2,1-2H3,(H,32,33,34). The predicted molar refractivity (Wildman–Crippen MR) is 162 cm³/mol. The third kappa shape index (κ3) is 6.74. The smallest absolute Gasteiger partial charge is 0.261 e. The Morgan fingerprint density at radius 2 is 1.43 bits per heavy atom. The lowest BCUT2D eigenvalue weighted by Crippen LogP contribution is -2.50. The van der Waals surface area contributed by atoms with Crippen molar-refractivity contribution < 1.29 is 18.0 Å². The molecule has 42 heavy (non-hydrogen) atoms. The fourth-order valence-electron chi connectivity index (χ4n) is 4.64. The van der Waals surface area contributed by atoms with E-state index in [0.717, 1.165) is 23.2 Å². The van der Waals surface area contributed by atoms with Gasteiger partial charge >= 0.3 is 0 Å². The molecule has 2 amide bonds. The first-order chi connectivity index (χ1) is 20.2. The molecule has 1 aliphatic rings. The second-order valence-corrected chi connectivity index (χ2v) is 11.6. The van der Waals surface area contributed by atoms with E-state index in [1.54, 1.807) is 89.7 Å². The number of rotatable bonds is 8. The lowest BCUT2D eigenvalue weighted by atomic mass is 10.1. The number of hydrogen-bond acceptors (Lipinski definition) is 7. The van der Waals surface area contributed by atoms with Gasteiger partial charge in [-0.15, -0.1) is 0 Å². The summed E-state index contributed by atoms with van der Waals surface area (Å²) < 4.78 is 28.2. The number of carbonyl (C=O) groups is 2. The van der Waals surface area contributed by atoms with Crippen molar-refractivity contribution in [3.05, 3.63) is 96.2 Å². The number of nitrogens with zero attached hydrogens (tertiary/aromatic N) is 4. The van der Waals surface area contributed by atoms with Crippen LogP contribution in [0.25, 0.3) is 11.3 Å². The van der Waals surface area contributed by atoms with Crippen LogP contribution in [0.1, 0.15) is 29.8 Å². The van der Waals surface area contributed by atoms with Gasteiger partial charge in [-0.25, -0.2) is 18.4 Å². The summed E-state index contributed by atoms with van der Waals surface area (Å²) >= 11 is 0. The highest BCUT2D eigenvalue weighted by molar-refractivity contribution is 7.92. The molecule has 0 atom stereocenters. The highest BCUT2D eigenvalue weighted by atomic mass is 32.2. The summed E-state index contributed by atoms with van der Waals surface area (Å²) in [6.07, 6.45) is 2.48. The Morgan fingerprint density at radius 3 is 2.05 bits per heavy atom. The first-order valence-electron chi connectivity index (χ1n) is 13.7. The topological polar surface area (TPSA) is 125 Å². The fraction of sp³-hybridized carbons (Fsp3) is 0.226. The molecule has 0 aliphatic carbocycles. The van der Waals surface area contributed by atoms with Gasteiger partial charge in [-0.2, -0.15) is 0 Å². The summed E-state index contributed by atoms with van der Waals surface area (Å²) in [5.74, 6) is 0.341. The lowest BCUT2D eigenvalue weighted by Gasteiger charge is -2.34. The van der Waals surface area contributed by atoms with Gasteiger partial charge in [-0.05, 0) is 66.6 Å². The normalized spacial score (nSPS) is 13.5. The number of piperazine rings is 1. The summed E-state index contributed by atoms with van der Waals surface area (Å²) in [5.41, 5.74) is 4.26. The highest BCUT2D eigenvalue weighted by Gasteiger charge is 2.23. The van der Waals surface area contributed by atoms with Crippen LogP contribution in [0, 0.1) is 0 Å². The second kappa shape index (κ2) is 12.4. The van der Waals surface area contributed by atoms with E-state index in [4.69, 9.17) is 0 Å². The van der Waals surface area contributed by atoms with Crippen LogP contribution in [0.5, 0.6) is 0 Å². The third-order valence-electron chi connectivity index (χ3n) is 7.13. The van der Waals surface area contributed by atoms with E-state index in [9.17, 15) is 18.0 Å². The molecule has 1 fully saturated rings. The van der Waals surface area contributed by atoms with E-state index >= 15 is 0 Å². The summed E-state index contributed by atoms with van der Waals surface area (Å²) in [6, 6.07) is 22.7. The zero-order valence-corrected chi connectivity index (χ0v) is 24.3. The number of aromatic nitrogens is 2. The number of amides is 2. The van der Waals surface area contributed by atoms with Crippen molar-refractivity contribution in [2.24, 2.45) is 0 Å². The molecule has 1 aliphatic heterocycles. The minimum Gasteiger partial charge on any atom is -0.339 e. The van der Waals surface area contributed by atoms with Crippen LogP contribution < -0.4 is 10.0 Å². The number of carbonyl (C=O) groups excluding carboxylic acids is 2. The molecule has 5 rings (SSSR count). The van der Waals surface area contributed by atoms with Crippen molar-refractivity contribution in [1.29, 1.82) is 0 Å². The molecule has 0 saturated carbocycles. The summed E-state index contributed by atoms with van der Waals surface area (Å²) in [6.45, 7) is 5.67. The van der Waals surface area contributed by atoms with Crippen molar-refractivity contribution in [3.8, 4) is 11.3 Å². The lowest BCUT2D eigenvalue weighted by molar-refractivity contribution is -0.130. The Morgan fingerprint density at radius 1 is 0.810 bits per heavy atom. The van der Waals surface area contributed by atoms with Crippen molar-refractivity contribution in [2.45, 2.75) is 25.2 Å². The molecule has 1 saturated heterocycles. The average Bonchev–Trinajstić information content (AvgIpc) is 3.01. The van der Waals surface area contributed by atoms with E-state index < -0.39 is 10.0 Å². The minimum atomic E-state index is -3.70. The monoisotopic (exact) mass is 584 g/mol. The maximum absolute atomic E-state index is 12.9. The molecule has 2 heterocycles. The zero-order chi connectivity index (χ0) is 29.7. The Hall–Kier alpha value is -4.77. The van der Waals surface area contributed by atoms with E-state index in [2.05, 4.69) is 20.0 Å².